The van der Waals surface area contributed by atoms with Crippen LogP contribution in [0.1, 0.15) is 39.5 Å². The molecule has 0 atom stereocenters. The predicted octanol–water partition coefficient (Wildman–Crippen LogP) is 3.60. The zero-order valence-electron chi connectivity index (χ0n) is 6.99. The van der Waals surface area contributed by atoms with Crippen LogP contribution in [0.15, 0.2) is 0 Å². The van der Waals surface area contributed by atoms with Gasteiger partial charge >= 0.3 is 0 Å². The molecular weight excluding hydrogens is 188 g/mol. The van der Waals surface area contributed by atoms with Gasteiger partial charge in [-0.1, -0.05) is 49.0 Å². The zero-order valence-corrected chi connectivity index (χ0v) is 8.58. The van der Waals surface area contributed by atoms with E-state index in [2.05, 4.69) is 29.8 Å². The summed E-state index contributed by atoms with van der Waals surface area (Å²) in [5.41, 5.74) is 0.533. The largest absolute Gasteiger partial charge is 0.0922 e. The molecule has 10 heavy (non-hydrogen) atoms. The van der Waals surface area contributed by atoms with Gasteiger partial charge in [-0.25, -0.2) is 0 Å². The minimum atomic E-state index is 0.533. The van der Waals surface area contributed by atoms with Crippen molar-refractivity contribution in [3.63, 3.8) is 0 Å². The number of halogens is 1. The molecule has 0 saturated heterocycles. The summed E-state index contributed by atoms with van der Waals surface area (Å²) in [6.07, 6.45) is 5.86. The first-order valence-electron chi connectivity index (χ1n) is 4.20. The third-order valence-corrected chi connectivity index (χ3v) is 3.95. The maximum Gasteiger partial charge on any atom is 0.00827 e. The van der Waals surface area contributed by atoms with Gasteiger partial charge in [0.1, 0.15) is 0 Å². The van der Waals surface area contributed by atoms with Gasteiger partial charge < -0.3 is 0 Å². The van der Waals surface area contributed by atoms with E-state index in [0.717, 1.165) is 11.2 Å². The molecule has 1 fully saturated rings. The highest BCUT2D eigenvalue weighted by molar-refractivity contribution is 9.09. The summed E-state index contributed by atoms with van der Waals surface area (Å²) in [6.45, 7) is 4.69. The highest BCUT2D eigenvalue weighted by Crippen LogP contribution is 2.37. The van der Waals surface area contributed by atoms with Crippen molar-refractivity contribution >= 4 is 15.9 Å². The first-order valence-corrected chi connectivity index (χ1v) is 5.32. The molecule has 1 rings (SSSR count). The van der Waals surface area contributed by atoms with Crippen LogP contribution in [0.5, 0.6) is 0 Å². The second kappa shape index (κ2) is 3.25. The van der Waals surface area contributed by atoms with Gasteiger partial charge in [-0.15, -0.1) is 0 Å². The molecule has 0 nitrogen and oxygen atoms in total. The molecule has 1 saturated carbocycles. The molecule has 0 aromatic carbocycles. The van der Waals surface area contributed by atoms with Crippen LogP contribution in [0, 0.1) is 11.3 Å². The number of alkyl halides is 1. The molecule has 0 spiro atoms. The highest BCUT2D eigenvalue weighted by Gasteiger charge is 2.25. The van der Waals surface area contributed by atoms with Gasteiger partial charge in [-0.2, -0.15) is 0 Å². The summed E-state index contributed by atoms with van der Waals surface area (Å²) >= 11 is 3.55. The maximum atomic E-state index is 3.55. The second-order valence-corrected chi connectivity index (χ2v) is 4.86. The first-order chi connectivity index (χ1) is 4.64. The lowest BCUT2D eigenvalue weighted by Crippen LogP contribution is -2.22. The second-order valence-electron chi connectivity index (χ2n) is 4.30. The van der Waals surface area contributed by atoms with E-state index in [1.54, 1.807) is 0 Å². The molecule has 0 aromatic heterocycles. The molecule has 1 aliphatic carbocycles. The smallest absolute Gasteiger partial charge is 0.00827 e. The Balaban J connectivity index is 2.21. The molecule has 0 unspecified atom stereocenters. The van der Waals surface area contributed by atoms with Gasteiger partial charge in [0.15, 0.2) is 0 Å². The standard InChI is InChI=1S/C9H17Br/c1-9(2,7-10)6-8-4-3-5-8/h8H,3-7H2,1-2H3. The Kier molecular flexibility index (Phi) is 2.79. The Labute approximate surface area is 72.5 Å². The fourth-order valence-corrected chi connectivity index (χ4v) is 1.76. The molecule has 0 aliphatic heterocycles. The SMILES string of the molecule is CC(C)(CBr)CC1CCC1. The Morgan fingerprint density at radius 2 is 2.00 bits per heavy atom. The van der Waals surface area contributed by atoms with Crippen molar-refractivity contribution in [2.24, 2.45) is 11.3 Å². The summed E-state index contributed by atoms with van der Waals surface area (Å²) in [5.74, 6) is 1.05. The van der Waals surface area contributed by atoms with E-state index < -0.39 is 0 Å². The molecule has 1 aliphatic rings. The predicted molar refractivity (Wildman–Crippen MR) is 49.5 cm³/mol. The summed E-state index contributed by atoms with van der Waals surface area (Å²) in [7, 11) is 0. The van der Waals surface area contributed by atoms with Crippen molar-refractivity contribution in [1.82, 2.24) is 0 Å². The van der Waals surface area contributed by atoms with Crippen LogP contribution in [0.25, 0.3) is 0 Å². The van der Waals surface area contributed by atoms with Crippen molar-refractivity contribution < 1.29 is 0 Å². The lowest BCUT2D eigenvalue weighted by atomic mass is 9.74. The lowest BCUT2D eigenvalue weighted by Gasteiger charge is -2.33. The molecular formula is C9H17Br. The van der Waals surface area contributed by atoms with E-state index in [9.17, 15) is 0 Å². The molecule has 0 bridgehead atoms. The molecule has 0 heterocycles. The molecule has 1 heteroatoms. The molecule has 60 valence electrons. The normalized spacial score (nSPS) is 20.7. The highest BCUT2D eigenvalue weighted by atomic mass is 79.9. The first kappa shape index (κ1) is 8.58. The van der Waals surface area contributed by atoms with E-state index >= 15 is 0 Å². The fraction of sp³-hybridized carbons (Fsp3) is 1.00. The number of hydrogen-bond acceptors (Lipinski definition) is 0. The quantitative estimate of drug-likeness (QED) is 0.617. The van der Waals surface area contributed by atoms with E-state index in [4.69, 9.17) is 0 Å². The van der Waals surface area contributed by atoms with Crippen LogP contribution in [0.3, 0.4) is 0 Å². The van der Waals surface area contributed by atoms with Crippen LogP contribution in [0.4, 0.5) is 0 Å². The minimum Gasteiger partial charge on any atom is -0.0922 e. The summed E-state index contributed by atoms with van der Waals surface area (Å²) < 4.78 is 0. The van der Waals surface area contributed by atoms with Gasteiger partial charge in [-0.3, -0.25) is 0 Å². The van der Waals surface area contributed by atoms with Crippen molar-refractivity contribution in [1.29, 1.82) is 0 Å². The average Bonchev–Trinajstić information content (AvgIpc) is 1.80. The molecule has 0 N–H and O–H groups in total. The van der Waals surface area contributed by atoms with Crippen molar-refractivity contribution in [3.8, 4) is 0 Å². The Morgan fingerprint density at radius 3 is 2.30 bits per heavy atom. The monoisotopic (exact) mass is 204 g/mol. The van der Waals surface area contributed by atoms with Crippen LogP contribution >= 0.6 is 15.9 Å². The fourth-order valence-electron chi connectivity index (χ4n) is 1.53. The van der Waals surface area contributed by atoms with Crippen molar-refractivity contribution in [2.45, 2.75) is 39.5 Å². The number of rotatable bonds is 3. The Hall–Kier alpha value is 0.480. The molecule has 0 radical (unpaired) electrons. The topological polar surface area (TPSA) is 0 Å². The summed E-state index contributed by atoms with van der Waals surface area (Å²) in [4.78, 5) is 0. The van der Waals surface area contributed by atoms with E-state index in [-0.39, 0.29) is 0 Å². The van der Waals surface area contributed by atoms with Crippen LogP contribution in [-0.2, 0) is 0 Å². The lowest BCUT2D eigenvalue weighted by molar-refractivity contribution is 0.212. The average molecular weight is 205 g/mol. The van der Waals surface area contributed by atoms with Gasteiger partial charge in [0.05, 0.1) is 0 Å². The minimum absolute atomic E-state index is 0.533. The maximum absolute atomic E-state index is 3.55. The zero-order chi connectivity index (χ0) is 7.61. The van der Waals surface area contributed by atoms with Crippen LogP contribution in [-0.4, -0.2) is 5.33 Å². The third kappa shape index (κ3) is 2.26. The van der Waals surface area contributed by atoms with Crippen molar-refractivity contribution in [2.75, 3.05) is 5.33 Å². The van der Waals surface area contributed by atoms with E-state index in [1.807, 2.05) is 0 Å². The summed E-state index contributed by atoms with van der Waals surface area (Å²) in [6, 6.07) is 0. The summed E-state index contributed by atoms with van der Waals surface area (Å²) in [5, 5.41) is 1.15. The number of hydrogen-bond donors (Lipinski definition) is 0. The third-order valence-electron chi connectivity index (χ3n) is 2.43. The van der Waals surface area contributed by atoms with E-state index in [1.165, 1.54) is 25.7 Å². The van der Waals surface area contributed by atoms with E-state index in [0.29, 0.717) is 5.41 Å². The van der Waals surface area contributed by atoms with Crippen LogP contribution < -0.4 is 0 Å². The Morgan fingerprint density at radius 1 is 1.40 bits per heavy atom. The Bertz CT molecular complexity index is 103. The molecule has 0 aromatic rings. The molecule has 0 amide bonds. The van der Waals surface area contributed by atoms with Crippen LogP contribution in [0.2, 0.25) is 0 Å². The van der Waals surface area contributed by atoms with Gasteiger partial charge in [-0.05, 0) is 17.8 Å². The van der Waals surface area contributed by atoms with Crippen molar-refractivity contribution in [3.05, 3.63) is 0 Å². The van der Waals surface area contributed by atoms with Gasteiger partial charge in [0.25, 0.3) is 0 Å². The van der Waals surface area contributed by atoms with Gasteiger partial charge in [0, 0.05) is 5.33 Å². The van der Waals surface area contributed by atoms with Gasteiger partial charge in [0.2, 0.25) is 0 Å².